The van der Waals surface area contributed by atoms with Crippen molar-refractivity contribution in [3.63, 3.8) is 0 Å². The zero-order valence-corrected chi connectivity index (χ0v) is 20.8. The first kappa shape index (κ1) is 23.6. The third-order valence-corrected chi connectivity index (χ3v) is 7.16. The maximum atomic E-state index is 12.6. The second-order valence-electron chi connectivity index (χ2n) is 9.70. The number of hydrogen-bond acceptors (Lipinski definition) is 5. The average Bonchev–Trinajstić information content (AvgIpc) is 2.66. The first-order valence-electron chi connectivity index (χ1n) is 10.8. The molecular weight excluding hydrogens is 460 g/mol. The van der Waals surface area contributed by atoms with Crippen LogP contribution >= 0.6 is 15.9 Å². The minimum atomic E-state index is -0.504. The van der Waals surface area contributed by atoms with Crippen molar-refractivity contribution in [1.29, 1.82) is 0 Å². The molecule has 0 radical (unpaired) electrons. The quantitative estimate of drug-likeness (QED) is 0.430. The van der Waals surface area contributed by atoms with Gasteiger partial charge in [0.05, 0.1) is 12.7 Å². The van der Waals surface area contributed by atoms with Crippen LogP contribution in [0.4, 0.5) is 4.79 Å². The van der Waals surface area contributed by atoms with Crippen LogP contribution in [0.1, 0.15) is 59.4 Å². The molecule has 0 heterocycles. The van der Waals surface area contributed by atoms with Gasteiger partial charge in [-0.3, -0.25) is 0 Å². The van der Waals surface area contributed by atoms with E-state index in [1.807, 2.05) is 52.0 Å². The number of nitrogens with one attached hydrogen (secondary N) is 2. The average molecular weight is 493 g/mol. The predicted molar refractivity (Wildman–Crippen MR) is 124 cm³/mol. The number of halogens is 1. The summed E-state index contributed by atoms with van der Waals surface area (Å²) in [6.45, 7) is 9.66. The first-order valence-corrected chi connectivity index (χ1v) is 11.6. The number of hydrogen-bond donors (Lipinski definition) is 2. The Kier molecular flexibility index (Phi) is 6.75. The monoisotopic (exact) mass is 492 g/mol. The maximum Gasteiger partial charge on any atom is 0.408 e. The minimum absolute atomic E-state index is 0.145. The molecule has 0 spiro atoms. The van der Waals surface area contributed by atoms with E-state index in [1.54, 1.807) is 0 Å². The van der Waals surface area contributed by atoms with Crippen LogP contribution in [0.3, 0.4) is 0 Å². The Morgan fingerprint density at radius 3 is 2.45 bits per heavy atom. The molecule has 2 aliphatic carbocycles. The Balaban J connectivity index is 1.70. The number of alkyl carbamates (subject to hydrolysis) is 1. The van der Waals surface area contributed by atoms with Gasteiger partial charge < -0.3 is 20.1 Å². The highest BCUT2D eigenvalue weighted by molar-refractivity contribution is 9.10. The molecule has 170 valence electrons. The summed E-state index contributed by atoms with van der Waals surface area (Å²) in [4.78, 5) is 24.8. The molecule has 7 heteroatoms. The van der Waals surface area contributed by atoms with Gasteiger partial charge in [0.1, 0.15) is 5.60 Å². The highest BCUT2D eigenvalue weighted by Crippen LogP contribution is 2.58. The van der Waals surface area contributed by atoms with Crippen LogP contribution in [0.2, 0.25) is 0 Å². The van der Waals surface area contributed by atoms with Gasteiger partial charge in [0.15, 0.2) is 0 Å². The lowest BCUT2D eigenvalue weighted by Gasteiger charge is -2.64. The molecule has 2 N–H and O–H groups in total. The van der Waals surface area contributed by atoms with E-state index in [2.05, 4.69) is 33.5 Å². The number of carbonyl (C=O) groups is 2. The molecule has 2 fully saturated rings. The SMILES string of the molecule is COC(=O)/C(=C(\C)N[C@H](C)C1CC2(NC(=O)OC(C)(C)C)CCC12)c1ccccc1Br. The van der Waals surface area contributed by atoms with Gasteiger partial charge in [0.2, 0.25) is 0 Å². The molecule has 2 saturated carbocycles. The van der Waals surface area contributed by atoms with E-state index in [0.29, 0.717) is 17.4 Å². The predicted octanol–water partition coefficient (Wildman–Crippen LogP) is 5.02. The van der Waals surface area contributed by atoms with Crippen molar-refractivity contribution < 1.29 is 19.1 Å². The van der Waals surface area contributed by atoms with Crippen molar-refractivity contribution in [3.05, 3.63) is 40.0 Å². The normalized spacial score (nSPS) is 26.3. The lowest BCUT2D eigenvalue weighted by Crippen LogP contribution is -2.73. The summed E-state index contributed by atoms with van der Waals surface area (Å²) in [5, 5.41) is 6.66. The van der Waals surface area contributed by atoms with Crippen LogP contribution in [0, 0.1) is 11.8 Å². The van der Waals surface area contributed by atoms with Gasteiger partial charge in [-0.2, -0.15) is 0 Å². The van der Waals surface area contributed by atoms with Gasteiger partial charge in [0.25, 0.3) is 0 Å². The Morgan fingerprint density at radius 2 is 1.94 bits per heavy atom. The Morgan fingerprint density at radius 1 is 1.26 bits per heavy atom. The highest BCUT2D eigenvalue weighted by atomic mass is 79.9. The van der Waals surface area contributed by atoms with Crippen LogP contribution in [-0.4, -0.2) is 36.4 Å². The lowest BCUT2D eigenvalue weighted by molar-refractivity contribution is -0.133. The molecule has 31 heavy (non-hydrogen) atoms. The summed E-state index contributed by atoms with van der Waals surface area (Å²) in [7, 11) is 1.40. The number of carbonyl (C=O) groups excluding carboxylic acids is 2. The number of esters is 1. The zero-order chi connectivity index (χ0) is 23.0. The number of benzene rings is 1. The van der Waals surface area contributed by atoms with Crippen LogP contribution in [0.15, 0.2) is 34.4 Å². The Labute approximate surface area is 193 Å². The Hall–Kier alpha value is -2.02. The van der Waals surface area contributed by atoms with Crippen LogP contribution in [-0.2, 0) is 14.3 Å². The third-order valence-electron chi connectivity index (χ3n) is 6.47. The molecule has 0 bridgehead atoms. The molecule has 2 aliphatic rings. The topological polar surface area (TPSA) is 76.7 Å². The van der Waals surface area contributed by atoms with Gasteiger partial charge in [-0.1, -0.05) is 34.1 Å². The fraction of sp³-hybridized carbons (Fsp3) is 0.583. The minimum Gasteiger partial charge on any atom is -0.465 e. The largest absolute Gasteiger partial charge is 0.465 e. The van der Waals surface area contributed by atoms with Crippen molar-refractivity contribution in [1.82, 2.24) is 10.6 Å². The van der Waals surface area contributed by atoms with E-state index < -0.39 is 5.60 Å². The van der Waals surface area contributed by atoms with E-state index in [9.17, 15) is 9.59 Å². The second-order valence-corrected chi connectivity index (χ2v) is 10.6. The van der Waals surface area contributed by atoms with Crippen molar-refractivity contribution in [2.45, 2.75) is 71.1 Å². The van der Waals surface area contributed by atoms with E-state index in [0.717, 1.165) is 35.0 Å². The van der Waals surface area contributed by atoms with E-state index in [4.69, 9.17) is 9.47 Å². The van der Waals surface area contributed by atoms with Crippen LogP contribution < -0.4 is 10.6 Å². The molecule has 3 rings (SSSR count). The molecule has 1 aromatic carbocycles. The molecular formula is C24H33BrN2O4. The second kappa shape index (κ2) is 8.85. The maximum absolute atomic E-state index is 12.6. The standard InChI is InChI=1S/C24H33BrN2O4/c1-14(17-13-24(12-11-18(17)24)27-22(29)31-23(3,4)5)26-15(2)20(21(28)30-6)16-9-7-8-10-19(16)25/h7-10,14,17-18,26H,11-13H2,1-6H3,(H,27,29)/b20-15+/t14-,17?,18?,24?/m1/s1. The van der Waals surface area contributed by atoms with Crippen molar-refractivity contribution >= 4 is 33.6 Å². The number of amides is 1. The van der Waals surface area contributed by atoms with Gasteiger partial charge in [-0.05, 0) is 71.8 Å². The van der Waals surface area contributed by atoms with Crippen molar-refractivity contribution in [2.75, 3.05) is 7.11 Å². The zero-order valence-electron chi connectivity index (χ0n) is 19.2. The number of allylic oxidation sites excluding steroid dienone is 1. The summed E-state index contributed by atoms with van der Waals surface area (Å²) >= 11 is 3.54. The van der Waals surface area contributed by atoms with E-state index in [-0.39, 0.29) is 23.6 Å². The number of rotatable bonds is 6. The molecule has 4 atom stereocenters. The van der Waals surface area contributed by atoms with Crippen LogP contribution in [0.25, 0.3) is 5.57 Å². The number of ether oxygens (including phenoxy) is 2. The highest BCUT2D eigenvalue weighted by Gasteiger charge is 2.62. The molecule has 0 aromatic heterocycles. The van der Waals surface area contributed by atoms with Gasteiger partial charge >= 0.3 is 12.1 Å². The third kappa shape index (κ3) is 4.92. The Bertz CT molecular complexity index is 892. The first-order chi connectivity index (χ1) is 14.5. The summed E-state index contributed by atoms with van der Waals surface area (Å²) < 4.78 is 11.3. The van der Waals surface area contributed by atoms with Gasteiger partial charge in [-0.15, -0.1) is 0 Å². The van der Waals surface area contributed by atoms with Crippen molar-refractivity contribution in [2.24, 2.45) is 11.8 Å². The summed E-state index contributed by atoms with van der Waals surface area (Å²) in [5.41, 5.74) is 1.45. The molecule has 1 aromatic rings. The molecule has 0 aliphatic heterocycles. The van der Waals surface area contributed by atoms with Gasteiger partial charge in [0, 0.05) is 27.3 Å². The van der Waals surface area contributed by atoms with Gasteiger partial charge in [-0.25, -0.2) is 9.59 Å². The fourth-order valence-electron chi connectivity index (χ4n) is 4.93. The smallest absolute Gasteiger partial charge is 0.408 e. The summed E-state index contributed by atoms with van der Waals surface area (Å²) in [6, 6.07) is 7.77. The van der Waals surface area contributed by atoms with E-state index in [1.165, 1.54) is 7.11 Å². The van der Waals surface area contributed by atoms with E-state index >= 15 is 0 Å². The molecule has 6 nitrogen and oxygen atoms in total. The molecule has 3 unspecified atom stereocenters. The summed E-state index contributed by atoms with van der Waals surface area (Å²) in [5.74, 6) is 0.458. The van der Waals surface area contributed by atoms with Crippen molar-refractivity contribution in [3.8, 4) is 0 Å². The van der Waals surface area contributed by atoms with Crippen LogP contribution in [0.5, 0.6) is 0 Å². The lowest BCUT2D eigenvalue weighted by atomic mass is 9.46. The fourth-order valence-corrected chi connectivity index (χ4v) is 5.41. The summed E-state index contributed by atoms with van der Waals surface area (Å²) in [6.07, 6.45) is 2.64. The molecule has 1 amide bonds. The number of methoxy groups -OCH3 is 1. The molecule has 0 saturated heterocycles. The number of fused-ring (bicyclic) bond motifs is 1.